The smallest absolute Gasteiger partial charge is 0.264 e. The van der Waals surface area contributed by atoms with E-state index in [1.165, 1.54) is 19.3 Å². The van der Waals surface area contributed by atoms with Gasteiger partial charge in [0.25, 0.3) is 0 Å². The van der Waals surface area contributed by atoms with E-state index < -0.39 is 16.5 Å². The van der Waals surface area contributed by atoms with Gasteiger partial charge in [0.1, 0.15) is 0 Å². The van der Waals surface area contributed by atoms with Crippen LogP contribution in [0.3, 0.4) is 0 Å². The second-order valence-electron chi connectivity index (χ2n) is 5.77. The molecule has 0 rings (SSSR count). The molecule has 0 saturated carbocycles. The van der Waals surface area contributed by atoms with Gasteiger partial charge in [-0.3, -0.25) is 4.55 Å². The molecule has 116 valence electrons. The van der Waals surface area contributed by atoms with Crippen molar-refractivity contribution in [3.05, 3.63) is 0 Å². The predicted molar refractivity (Wildman–Crippen MR) is 78.4 cm³/mol. The summed E-state index contributed by atoms with van der Waals surface area (Å²) < 4.78 is 35.3. The van der Waals surface area contributed by atoms with Gasteiger partial charge in [-0.2, -0.15) is 8.42 Å². The van der Waals surface area contributed by atoms with Gasteiger partial charge < -0.3 is 0 Å². The third kappa shape index (κ3) is 11.4. The topological polar surface area (TPSA) is 63.6 Å². The van der Waals surface area contributed by atoms with Crippen LogP contribution in [0.25, 0.3) is 0 Å². The number of rotatable bonds is 11. The summed E-state index contributed by atoms with van der Waals surface area (Å²) >= 11 is 0. The van der Waals surface area contributed by atoms with E-state index in [-0.39, 0.29) is 0 Å². The van der Waals surface area contributed by atoms with Crippen molar-refractivity contribution in [1.29, 1.82) is 0 Å². The van der Waals surface area contributed by atoms with Gasteiger partial charge in [0, 0.05) is 0 Å². The molecule has 0 aliphatic heterocycles. The zero-order valence-electron chi connectivity index (χ0n) is 12.8. The molecule has 0 fully saturated rings. The molecule has 0 unspecified atom stereocenters. The zero-order valence-corrected chi connectivity index (χ0v) is 13.6. The van der Waals surface area contributed by atoms with Crippen LogP contribution in [-0.4, -0.2) is 19.1 Å². The zero-order chi connectivity index (χ0) is 14.9. The maximum absolute atomic E-state index is 10.8. The van der Waals surface area contributed by atoms with Crippen LogP contribution in [0.4, 0.5) is 0 Å². The van der Waals surface area contributed by atoms with Gasteiger partial charge in [-0.15, -0.1) is 0 Å². The van der Waals surface area contributed by atoms with Crippen LogP contribution in [0.15, 0.2) is 0 Å². The summed E-state index contributed by atoms with van der Waals surface area (Å²) in [6.07, 6.45) is 6.62. The van der Waals surface area contributed by atoms with Crippen LogP contribution >= 0.6 is 0 Å². The van der Waals surface area contributed by atoms with E-state index in [9.17, 15) is 8.42 Å². The monoisotopic (exact) mass is 294 g/mol. The Morgan fingerprint density at radius 1 is 1.11 bits per heavy atom. The molecule has 0 bridgehead atoms. The van der Waals surface area contributed by atoms with Gasteiger partial charge >= 0.3 is 10.4 Å². The number of hydrogen-bond acceptors (Lipinski definition) is 3. The van der Waals surface area contributed by atoms with Gasteiger partial charge in [-0.05, 0) is 31.1 Å². The minimum atomic E-state index is -4.34. The maximum atomic E-state index is 10.8. The standard InChI is InChI=1S/C14H30O4S/c1-5-7-8-13(6-2)9-10-14(11-12(3)4)18-19(15,16)17/h12-14H,5-11H2,1-4H3,(H,15,16,17)/t13-,14-/m0/s1. The molecule has 5 heteroatoms. The lowest BCUT2D eigenvalue weighted by Gasteiger charge is -2.21. The quantitative estimate of drug-likeness (QED) is 0.580. The minimum Gasteiger partial charge on any atom is -0.264 e. The van der Waals surface area contributed by atoms with Gasteiger partial charge in [0.2, 0.25) is 0 Å². The second kappa shape index (κ2) is 9.72. The highest BCUT2D eigenvalue weighted by molar-refractivity contribution is 7.80. The molecule has 0 heterocycles. The molecule has 0 radical (unpaired) electrons. The largest absolute Gasteiger partial charge is 0.397 e. The van der Waals surface area contributed by atoms with E-state index in [4.69, 9.17) is 8.74 Å². The Kier molecular flexibility index (Phi) is 9.66. The summed E-state index contributed by atoms with van der Waals surface area (Å²) in [5, 5.41) is 0. The summed E-state index contributed by atoms with van der Waals surface area (Å²) in [6, 6.07) is 0. The fourth-order valence-corrected chi connectivity index (χ4v) is 2.89. The van der Waals surface area contributed by atoms with Crippen molar-refractivity contribution in [3.8, 4) is 0 Å². The Morgan fingerprint density at radius 2 is 1.74 bits per heavy atom. The average Bonchev–Trinajstić information content (AvgIpc) is 2.26. The first-order valence-corrected chi connectivity index (χ1v) is 8.80. The van der Waals surface area contributed by atoms with Crippen LogP contribution in [-0.2, 0) is 14.6 Å². The van der Waals surface area contributed by atoms with E-state index in [1.807, 2.05) is 13.8 Å². The van der Waals surface area contributed by atoms with Crippen LogP contribution in [0.2, 0.25) is 0 Å². The third-order valence-corrected chi connectivity index (χ3v) is 3.95. The van der Waals surface area contributed by atoms with Crippen molar-refractivity contribution in [2.75, 3.05) is 0 Å². The van der Waals surface area contributed by atoms with E-state index in [2.05, 4.69) is 13.8 Å². The molecule has 0 aromatic rings. The Balaban J connectivity index is 4.30. The van der Waals surface area contributed by atoms with Crippen LogP contribution in [0.1, 0.15) is 72.6 Å². The summed E-state index contributed by atoms with van der Waals surface area (Å²) in [7, 11) is -4.34. The summed E-state index contributed by atoms with van der Waals surface area (Å²) in [4.78, 5) is 0. The van der Waals surface area contributed by atoms with Crippen molar-refractivity contribution in [1.82, 2.24) is 0 Å². The average molecular weight is 294 g/mol. The molecular formula is C14H30O4S. The van der Waals surface area contributed by atoms with Crippen molar-refractivity contribution < 1.29 is 17.2 Å². The van der Waals surface area contributed by atoms with E-state index in [0.29, 0.717) is 24.7 Å². The molecule has 2 atom stereocenters. The Hall–Kier alpha value is -0.130. The van der Waals surface area contributed by atoms with Crippen LogP contribution in [0.5, 0.6) is 0 Å². The fourth-order valence-electron chi connectivity index (χ4n) is 2.37. The van der Waals surface area contributed by atoms with Crippen molar-refractivity contribution >= 4 is 10.4 Å². The maximum Gasteiger partial charge on any atom is 0.397 e. The normalized spacial score (nSPS) is 15.7. The molecule has 0 aromatic heterocycles. The van der Waals surface area contributed by atoms with Crippen molar-refractivity contribution in [2.24, 2.45) is 11.8 Å². The first kappa shape index (κ1) is 18.9. The van der Waals surface area contributed by atoms with Crippen molar-refractivity contribution in [3.63, 3.8) is 0 Å². The minimum absolute atomic E-state index is 0.350. The van der Waals surface area contributed by atoms with Crippen molar-refractivity contribution in [2.45, 2.75) is 78.7 Å². The first-order chi connectivity index (χ1) is 8.78. The second-order valence-corrected chi connectivity index (χ2v) is 6.82. The molecule has 0 spiro atoms. The number of unbranched alkanes of at least 4 members (excludes halogenated alkanes) is 1. The molecule has 4 nitrogen and oxygen atoms in total. The van der Waals surface area contributed by atoms with E-state index in [1.54, 1.807) is 0 Å². The Bertz CT molecular complexity index is 311. The van der Waals surface area contributed by atoms with E-state index in [0.717, 1.165) is 12.8 Å². The fraction of sp³-hybridized carbons (Fsp3) is 1.00. The third-order valence-electron chi connectivity index (χ3n) is 3.43. The predicted octanol–water partition coefficient (Wildman–Crippen LogP) is 4.22. The molecule has 0 saturated heterocycles. The Morgan fingerprint density at radius 3 is 2.16 bits per heavy atom. The molecule has 0 aliphatic carbocycles. The van der Waals surface area contributed by atoms with Gasteiger partial charge in [0.15, 0.2) is 0 Å². The molecule has 0 amide bonds. The molecular weight excluding hydrogens is 264 g/mol. The molecule has 0 aromatic carbocycles. The van der Waals surface area contributed by atoms with Crippen LogP contribution < -0.4 is 0 Å². The Labute approximate surface area is 118 Å². The first-order valence-electron chi connectivity index (χ1n) is 7.44. The summed E-state index contributed by atoms with van der Waals surface area (Å²) in [5.41, 5.74) is 0. The van der Waals surface area contributed by atoms with Crippen LogP contribution in [0, 0.1) is 11.8 Å². The number of hydrogen-bond donors (Lipinski definition) is 1. The lowest BCUT2D eigenvalue weighted by atomic mass is 9.91. The van der Waals surface area contributed by atoms with E-state index >= 15 is 0 Å². The van der Waals surface area contributed by atoms with Gasteiger partial charge in [-0.25, -0.2) is 4.18 Å². The van der Waals surface area contributed by atoms with Gasteiger partial charge in [-0.1, -0.05) is 53.4 Å². The molecule has 0 aliphatic rings. The molecule has 1 N–H and O–H groups in total. The lowest BCUT2D eigenvalue weighted by molar-refractivity contribution is 0.141. The molecule has 19 heavy (non-hydrogen) atoms. The highest BCUT2D eigenvalue weighted by atomic mass is 32.3. The summed E-state index contributed by atoms with van der Waals surface area (Å²) in [6.45, 7) is 8.39. The highest BCUT2D eigenvalue weighted by Gasteiger charge is 2.20. The lowest BCUT2D eigenvalue weighted by Crippen LogP contribution is -2.21. The highest BCUT2D eigenvalue weighted by Crippen LogP contribution is 2.23. The van der Waals surface area contributed by atoms with Gasteiger partial charge in [0.05, 0.1) is 6.10 Å². The summed E-state index contributed by atoms with van der Waals surface area (Å²) in [5.74, 6) is 0.974. The SMILES string of the molecule is CCCC[C@H](CC)CC[C@@H](CC(C)C)OS(=O)(=O)O.